The van der Waals surface area contributed by atoms with Crippen molar-refractivity contribution < 1.29 is 31.4 Å². The number of nitrogens with one attached hydrogen (secondary N) is 1. The standard InChI is InChI=1S/C33H31ClF5N7O2S/c34-21-8-19-26(25(37)24(21)18-2-3-22(36)27-23(18)20(11-40)28(41)49-27)43-31(48-15-33-4-1-7-45(33)12-16(35)9-33)44-29(19)46-14-32(5-6-42-32)10-17(46)13-47-30(38)39/h2-3,8,16-17,30,42H,1,4-7,9-10,12-15,41H2/t16-,17?,32?,33+/m1/s1. The van der Waals surface area contributed by atoms with E-state index < -0.39 is 36.0 Å². The molecule has 2 unspecified atom stereocenters. The van der Waals surface area contributed by atoms with Crippen LogP contribution in [0.1, 0.15) is 37.7 Å². The minimum atomic E-state index is -2.99. The van der Waals surface area contributed by atoms with E-state index in [4.69, 9.17) is 31.8 Å². The van der Waals surface area contributed by atoms with Crippen LogP contribution in [-0.4, -0.2) is 84.2 Å². The first-order valence-electron chi connectivity index (χ1n) is 16.1. The largest absolute Gasteiger partial charge is 0.461 e. The van der Waals surface area contributed by atoms with E-state index in [2.05, 4.69) is 15.2 Å². The molecule has 9 nitrogen and oxygen atoms in total. The number of ether oxygens (including phenoxy) is 2. The molecule has 1 spiro atoms. The molecule has 0 amide bonds. The highest BCUT2D eigenvalue weighted by Crippen LogP contribution is 2.47. The van der Waals surface area contributed by atoms with Gasteiger partial charge in [-0.05, 0) is 56.5 Å². The van der Waals surface area contributed by atoms with E-state index in [1.165, 1.54) is 12.1 Å². The second-order valence-corrected chi connectivity index (χ2v) is 14.9. The molecule has 4 aromatic rings. The Hall–Kier alpha value is -3.55. The summed E-state index contributed by atoms with van der Waals surface area (Å²) >= 11 is 7.71. The minimum absolute atomic E-state index is 0.00203. The van der Waals surface area contributed by atoms with Gasteiger partial charge in [0.2, 0.25) is 0 Å². The summed E-state index contributed by atoms with van der Waals surface area (Å²) in [5, 5.41) is 13.6. The summed E-state index contributed by atoms with van der Waals surface area (Å²) in [6.45, 7) is -1.04. The fourth-order valence-electron chi connectivity index (χ4n) is 8.30. The van der Waals surface area contributed by atoms with Crippen molar-refractivity contribution in [3.63, 3.8) is 0 Å². The number of hydrogen-bond donors (Lipinski definition) is 2. The van der Waals surface area contributed by atoms with Gasteiger partial charge in [0.1, 0.15) is 41.0 Å². The van der Waals surface area contributed by atoms with Crippen LogP contribution in [-0.2, 0) is 4.74 Å². The summed E-state index contributed by atoms with van der Waals surface area (Å²) in [7, 11) is 0. The Balaban J connectivity index is 1.29. The van der Waals surface area contributed by atoms with Gasteiger partial charge in [0, 0.05) is 41.4 Å². The number of nitrogen functional groups attached to an aromatic ring is 1. The van der Waals surface area contributed by atoms with Crippen molar-refractivity contribution in [2.75, 3.05) is 50.0 Å². The van der Waals surface area contributed by atoms with E-state index >= 15 is 4.39 Å². The van der Waals surface area contributed by atoms with Crippen LogP contribution in [0.5, 0.6) is 6.01 Å². The lowest BCUT2D eigenvalue weighted by Crippen LogP contribution is -2.58. The predicted molar refractivity (Wildman–Crippen MR) is 176 cm³/mol. The SMILES string of the molecule is N#Cc1c(N)sc2c(F)ccc(-c3c(Cl)cc4c(N5CC6(CCN6)CC5COC(F)F)nc(OC[C@@]56CCCN5C[C@H](F)C6)nc4c3F)c12. The third-order valence-corrected chi connectivity index (χ3v) is 11.9. The van der Waals surface area contributed by atoms with Gasteiger partial charge in [-0.25, -0.2) is 13.2 Å². The van der Waals surface area contributed by atoms with Crippen LogP contribution >= 0.6 is 22.9 Å². The van der Waals surface area contributed by atoms with Crippen molar-refractivity contribution in [3.8, 4) is 23.2 Å². The fraction of sp³-hybridized carbons (Fsp3) is 0.485. The Morgan fingerprint density at radius 1 is 1.22 bits per heavy atom. The number of fused-ring (bicyclic) bond motifs is 3. The van der Waals surface area contributed by atoms with E-state index in [9.17, 15) is 22.8 Å². The Bertz CT molecular complexity index is 2020. The number of nitrogens with zero attached hydrogens (tertiary/aromatic N) is 5. The number of thiophene rings is 1. The smallest absolute Gasteiger partial charge is 0.345 e. The van der Waals surface area contributed by atoms with Crippen molar-refractivity contribution in [3.05, 3.63) is 40.4 Å². The number of anilines is 2. The summed E-state index contributed by atoms with van der Waals surface area (Å²) in [6, 6.07) is 5.25. The third-order valence-electron chi connectivity index (χ3n) is 10.6. The minimum Gasteiger partial charge on any atom is -0.461 e. The Kier molecular flexibility index (Phi) is 8.03. The molecule has 6 heterocycles. The van der Waals surface area contributed by atoms with Gasteiger partial charge < -0.3 is 25.4 Å². The number of benzene rings is 2. The van der Waals surface area contributed by atoms with Crippen LogP contribution in [0.4, 0.5) is 32.8 Å². The molecular weight excluding hydrogens is 689 g/mol. The molecule has 4 fully saturated rings. The van der Waals surface area contributed by atoms with Gasteiger partial charge in [-0.2, -0.15) is 24.0 Å². The zero-order chi connectivity index (χ0) is 34.2. The lowest BCUT2D eigenvalue weighted by molar-refractivity contribution is -0.132. The normalized spacial score (nSPS) is 26.7. The lowest BCUT2D eigenvalue weighted by atomic mass is 9.86. The Morgan fingerprint density at radius 2 is 2.04 bits per heavy atom. The third kappa shape index (κ3) is 5.34. The van der Waals surface area contributed by atoms with E-state index in [1.807, 2.05) is 6.07 Å². The van der Waals surface area contributed by atoms with Crippen LogP contribution in [0, 0.1) is 23.0 Å². The molecule has 0 saturated carbocycles. The van der Waals surface area contributed by atoms with E-state index in [1.54, 1.807) is 4.90 Å². The van der Waals surface area contributed by atoms with Crippen LogP contribution < -0.4 is 20.7 Å². The maximum atomic E-state index is 17.1. The van der Waals surface area contributed by atoms with E-state index in [-0.39, 0.29) is 78.3 Å². The summed E-state index contributed by atoms with van der Waals surface area (Å²) in [6.07, 6.45) is 2.18. The molecule has 2 aromatic carbocycles. The second kappa shape index (κ2) is 12.1. The Labute approximate surface area is 286 Å². The van der Waals surface area contributed by atoms with Crippen molar-refractivity contribution in [2.24, 2.45) is 0 Å². The molecule has 4 aliphatic rings. The van der Waals surface area contributed by atoms with Crippen molar-refractivity contribution >= 4 is 54.7 Å². The van der Waals surface area contributed by atoms with Gasteiger partial charge in [0.05, 0.1) is 33.5 Å². The first kappa shape index (κ1) is 32.6. The molecule has 3 N–H and O–H groups in total. The monoisotopic (exact) mass is 719 g/mol. The van der Waals surface area contributed by atoms with Crippen molar-refractivity contribution in [2.45, 2.75) is 62.0 Å². The van der Waals surface area contributed by atoms with Crippen LogP contribution in [0.2, 0.25) is 5.02 Å². The van der Waals surface area contributed by atoms with Crippen LogP contribution in [0.25, 0.3) is 32.1 Å². The van der Waals surface area contributed by atoms with Gasteiger partial charge in [0.15, 0.2) is 5.82 Å². The zero-order valence-electron chi connectivity index (χ0n) is 26.0. The molecule has 0 aliphatic carbocycles. The predicted octanol–water partition coefficient (Wildman–Crippen LogP) is 6.40. The zero-order valence-corrected chi connectivity index (χ0v) is 27.6. The Morgan fingerprint density at radius 3 is 2.78 bits per heavy atom. The van der Waals surface area contributed by atoms with Crippen molar-refractivity contribution in [1.82, 2.24) is 20.2 Å². The maximum Gasteiger partial charge on any atom is 0.345 e. The molecule has 4 atom stereocenters. The lowest BCUT2D eigenvalue weighted by Gasteiger charge is -2.39. The summed E-state index contributed by atoms with van der Waals surface area (Å²) in [5.74, 6) is -1.28. The molecule has 0 radical (unpaired) electrons. The molecule has 2 aromatic heterocycles. The average molecular weight is 720 g/mol. The highest BCUT2D eigenvalue weighted by molar-refractivity contribution is 7.23. The summed E-state index contributed by atoms with van der Waals surface area (Å²) < 4.78 is 84.1. The topological polar surface area (TPSA) is 113 Å². The number of halogens is 6. The first-order valence-corrected chi connectivity index (χ1v) is 17.2. The molecule has 258 valence electrons. The molecule has 4 aliphatic heterocycles. The number of alkyl halides is 3. The van der Waals surface area contributed by atoms with Crippen LogP contribution in [0.3, 0.4) is 0 Å². The highest BCUT2D eigenvalue weighted by atomic mass is 35.5. The fourth-order valence-corrected chi connectivity index (χ4v) is 9.54. The van der Waals surface area contributed by atoms with E-state index in [0.29, 0.717) is 25.9 Å². The highest BCUT2D eigenvalue weighted by Gasteiger charge is 2.50. The number of nitrogens with two attached hydrogens (primary N) is 1. The molecule has 0 bridgehead atoms. The average Bonchev–Trinajstić information content (AvgIpc) is 3.79. The molecule has 16 heteroatoms. The number of hydrogen-bond acceptors (Lipinski definition) is 10. The van der Waals surface area contributed by atoms with Gasteiger partial charge in [-0.1, -0.05) is 17.7 Å². The van der Waals surface area contributed by atoms with Crippen molar-refractivity contribution in [1.29, 1.82) is 5.26 Å². The number of nitriles is 1. The second-order valence-electron chi connectivity index (χ2n) is 13.4. The molecule has 8 rings (SSSR count). The van der Waals surface area contributed by atoms with Crippen LogP contribution in [0.15, 0.2) is 18.2 Å². The molecular formula is C33H31ClF5N7O2S. The summed E-state index contributed by atoms with van der Waals surface area (Å²) in [4.78, 5) is 13.1. The molecule has 49 heavy (non-hydrogen) atoms. The van der Waals surface area contributed by atoms with Gasteiger partial charge in [-0.3, -0.25) is 4.90 Å². The maximum absolute atomic E-state index is 17.1. The summed E-state index contributed by atoms with van der Waals surface area (Å²) in [5.41, 5.74) is 4.98. The number of rotatable bonds is 8. The van der Waals surface area contributed by atoms with E-state index in [0.717, 1.165) is 49.8 Å². The first-order chi connectivity index (χ1) is 23.5. The number of aromatic nitrogens is 2. The quantitative estimate of drug-likeness (QED) is 0.200. The van der Waals surface area contributed by atoms with Gasteiger partial charge in [-0.15, -0.1) is 11.3 Å². The van der Waals surface area contributed by atoms with Gasteiger partial charge in [0.25, 0.3) is 0 Å². The van der Waals surface area contributed by atoms with Gasteiger partial charge >= 0.3 is 12.6 Å². The molecule has 4 saturated heterocycles.